The third-order valence-corrected chi connectivity index (χ3v) is 6.92. The van der Waals surface area contributed by atoms with E-state index in [0.717, 1.165) is 10.6 Å². The molecule has 14 heteroatoms. The topological polar surface area (TPSA) is 91.9 Å². The summed E-state index contributed by atoms with van der Waals surface area (Å²) in [6, 6.07) is 5.19. The van der Waals surface area contributed by atoms with E-state index in [4.69, 9.17) is 5.41 Å². The van der Waals surface area contributed by atoms with Crippen LogP contribution in [0.4, 0.5) is 36.4 Å². The molecule has 7 nitrogen and oxygen atoms in total. The molecule has 1 atom stereocenters. The highest BCUT2D eigenvalue weighted by Crippen LogP contribution is 2.42. The molecule has 0 unspecified atom stereocenters. The molecule has 2 heterocycles. The second kappa shape index (κ2) is 9.78. The molecule has 0 fully saturated rings. The Balaban J connectivity index is 1.77. The molecule has 0 saturated carbocycles. The minimum Gasteiger partial charge on any atom is -0.341 e. The molecule has 0 bridgehead atoms. The normalized spacial score (nSPS) is 15.0. The summed E-state index contributed by atoms with van der Waals surface area (Å²) in [5.74, 6) is -3.87. The molecule has 1 aromatic heterocycles. The number of rotatable bonds is 5. The Morgan fingerprint density at radius 1 is 1.10 bits per heavy atom. The minimum atomic E-state index is -4.96. The second-order valence-electron chi connectivity index (χ2n) is 9.55. The number of hydrogen-bond acceptors (Lipinski definition) is 3. The summed E-state index contributed by atoms with van der Waals surface area (Å²) < 4.78 is 97.1. The lowest BCUT2D eigenvalue weighted by Crippen LogP contribution is -2.25. The van der Waals surface area contributed by atoms with Gasteiger partial charge >= 0.3 is 6.18 Å². The first kappa shape index (κ1) is 27.9. The van der Waals surface area contributed by atoms with Crippen molar-refractivity contribution in [3.05, 3.63) is 93.1 Å². The number of benzene rings is 3. The van der Waals surface area contributed by atoms with E-state index in [0.29, 0.717) is 17.7 Å². The first-order valence-corrected chi connectivity index (χ1v) is 12.0. The smallest absolute Gasteiger partial charge is 0.341 e. The SMILES string of the molecule is Cc1ccc(F)cc1[C@H]1NC(=O)c2c1c(NC(=O)c1cc(F)cc(C(F)(F)F)c1)cc1c2n(C)c(=N)n1CC(F)F. The van der Waals surface area contributed by atoms with E-state index in [2.05, 4.69) is 10.6 Å². The van der Waals surface area contributed by atoms with Gasteiger partial charge in [0.05, 0.1) is 34.7 Å². The summed E-state index contributed by atoms with van der Waals surface area (Å²) in [7, 11) is 1.38. The van der Waals surface area contributed by atoms with Crippen molar-refractivity contribution >= 4 is 28.5 Å². The van der Waals surface area contributed by atoms with Crippen LogP contribution in [-0.4, -0.2) is 27.4 Å². The molecule has 0 spiro atoms. The van der Waals surface area contributed by atoms with Crippen molar-refractivity contribution in [2.75, 3.05) is 5.32 Å². The Kier molecular flexibility index (Phi) is 6.66. The van der Waals surface area contributed by atoms with E-state index in [1.54, 1.807) is 6.92 Å². The predicted molar refractivity (Wildman–Crippen MR) is 133 cm³/mol. The zero-order valence-corrected chi connectivity index (χ0v) is 21.3. The van der Waals surface area contributed by atoms with Crippen molar-refractivity contribution in [3.8, 4) is 0 Å². The van der Waals surface area contributed by atoms with Crippen LogP contribution >= 0.6 is 0 Å². The number of nitrogens with zero attached hydrogens (tertiary/aromatic N) is 2. The summed E-state index contributed by atoms with van der Waals surface area (Å²) in [4.78, 5) is 26.5. The van der Waals surface area contributed by atoms with Crippen LogP contribution < -0.4 is 16.3 Å². The van der Waals surface area contributed by atoms with Crippen molar-refractivity contribution in [2.45, 2.75) is 32.1 Å². The molecule has 1 aliphatic heterocycles. The number of aryl methyl sites for hydroxylation is 2. The Morgan fingerprint density at radius 2 is 1.80 bits per heavy atom. The van der Waals surface area contributed by atoms with Gasteiger partial charge in [0.1, 0.15) is 11.6 Å². The zero-order valence-electron chi connectivity index (χ0n) is 21.3. The van der Waals surface area contributed by atoms with Crippen LogP contribution in [0.3, 0.4) is 0 Å². The van der Waals surface area contributed by atoms with Gasteiger partial charge in [-0.25, -0.2) is 17.6 Å². The van der Waals surface area contributed by atoms with Crippen molar-refractivity contribution in [2.24, 2.45) is 7.05 Å². The van der Waals surface area contributed by atoms with Gasteiger partial charge in [0, 0.05) is 23.9 Å². The van der Waals surface area contributed by atoms with Gasteiger partial charge in [-0.1, -0.05) is 6.07 Å². The molecule has 3 aromatic carbocycles. The number of carbonyl (C=O) groups is 2. The number of alkyl halides is 5. The standard InChI is InChI=1S/C27H20F7N5O2/c1-11-3-4-14(28)8-16(11)22-20-17(36-24(40)12-5-13(27(32,33)34)7-15(29)6-12)9-18-23(21(20)25(41)37-22)38(2)26(35)39(18)10-19(30)31/h3-9,19,22,35H,10H2,1-2H3,(H,36,40)(H,37,41)/t22-/m1/s1. The van der Waals surface area contributed by atoms with Gasteiger partial charge in [-0.15, -0.1) is 0 Å². The summed E-state index contributed by atoms with van der Waals surface area (Å²) >= 11 is 0. The molecule has 214 valence electrons. The van der Waals surface area contributed by atoms with Crippen LogP contribution in [-0.2, 0) is 19.8 Å². The number of amides is 2. The maximum atomic E-state index is 14.3. The lowest BCUT2D eigenvalue weighted by Gasteiger charge is -2.19. The number of imidazole rings is 1. The van der Waals surface area contributed by atoms with Crippen LogP contribution in [0.5, 0.6) is 0 Å². The molecule has 2 amide bonds. The number of anilines is 1. The molecule has 4 aromatic rings. The van der Waals surface area contributed by atoms with E-state index >= 15 is 0 Å². The van der Waals surface area contributed by atoms with Crippen molar-refractivity contribution < 1.29 is 40.3 Å². The molecule has 0 saturated heterocycles. The van der Waals surface area contributed by atoms with Crippen LogP contribution in [0, 0.1) is 24.0 Å². The predicted octanol–water partition coefficient (Wildman–Crippen LogP) is 5.41. The fraction of sp³-hybridized carbons (Fsp3) is 0.222. The lowest BCUT2D eigenvalue weighted by molar-refractivity contribution is -0.137. The third-order valence-electron chi connectivity index (χ3n) is 6.92. The van der Waals surface area contributed by atoms with Gasteiger partial charge in [0.2, 0.25) is 5.62 Å². The van der Waals surface area contributed by atoms with E-state index in [1.165, 1.54) is 29.8 Å². The van der Waals surface area contributed by atoms with Gasteiger partial charge in [0.15, 0.2) is 0 Å². The van der Waals surface area contributed by atoms with E-state index < -0.39 is 65.4 Å². The van der Waals surface area contributed by atoms with Gasteiger partial charge in [-0.2, -0.15) is 13.2 Å². The lowest BCUT2D eigenvalue weighted by atomic mass is 9.92. The number of halogens is 7. The van der Waals surface area contributed by atoms with E-state index in [9.17, 15) is 40.3 Å². The van der Waals surface area contributed by atoms with Crippen molar-refractivity contribution in [3.63, 3.8) is 0 Å². The number of nitrogens with one attached hydrogen (secondary N) is 3. The molecule has 0 radical (unpaired) electrons. The molecule has 3 N–H and O–H groups in total. The zero-order chi connectivity index (χ0) is 30.0. The fourth-order valence-corrected chi connectivity index (χ4v) is 5.09. The summed E-state index contributed by atoms with van der Waals surface area (Å²) in [6.45, 7) is 0.706. The maximum Gasteiger partial charge on any atom is 0.416 e. The summed E-state index contributed by atoms with van der Waals surface area (Å²) in [5, 5.41) is 13.4. The van der Waals surface area contributed by atoms with Gasteiger partial charge < -0.3 is 19.8 Å². The number of aromatic nitrogens is 2. The van der Waals surface area contributed by atoms with Crippen molar-refractivity contribution in [1.29, 1.82) is 5.41 Å². The number of fused-ring (bicyclic) bond motifs is 3. The highest BCUT2D eigenvalue weighted by Gasteiger charge is 2.38. The van der Waals surface area contributed by atoms with Gasteiger partial charge in [-0.05, 0) is 54.4 Å². The van der Waals surface area contributed by atoms with E-state index in [-0.39, 0.29) is 39.5 Å². The summed E-state index contributed by atoms with van der Waals surface area (Å²) in [5.41, 5.74) is -1.87. The van der Waals surface area contributed by atoms with Crippen LogP contribution in [0.15, 0.2) is 42.5 Å². The average Bonchev–Trinajstić information content (AvgIpc) is 3.34. The third kappa shape index (κ3) is 4.83. The second-order valence-corrected chi connectivity index (χ2v) is 9.55. The van der Waals surface area contributed by atoms with E-state index in [1.807, 2.05) is 0 Å². The van der Waals surface area contributed by atoms with Crippen LogP contribution in [0.2, 0.25) is 0 Å². The quantitative estimate of drug-likeness (QED) is 0.276. The fourth-order valence-electron chi connectivity index (χ4n) is 5.09. The molecule has 41 heavy (non-hydrogen) atoms. The Labute approximate surface area is 226 Å². The highest BCUT2D eigenvalue weighted by atomic mass is 19.4. The first-order valence-electron chi connectivity index (χ1n) is 12.0. The minimum absolute atomic E-state index is 0.0474. The Hall–Kier alpha value is -4.62. The first-order chi connectivity index (χ1) is 19.2. The summed E-state index contributed by atoms with van der Waals surface area (Å²) in [6.07, 6.45) is -7.85. The van der Waals surface area contributed by atoms with Gasteiger partial charge in [0.25, 0.3) is 18.2 Å². The Morgan fingerprint density at radius 3 is 2.46 bits per heavy atom. The van der Waals surface area contributed by atoms with Gasteiger partial charge in [-0.3, -0.25) is 15.0 Å². The molecule has 1 aliphatic rings. The molecule has 5 rings (SSSR count). The van der Waals surface area contributed by atoms with Crippen molar-refractivity contribution in [1.82, 2.24) is 14.5 Å². The maximum absolute atomic E-state index is 14.3. The molecule has 0 aliphatic carbocycles. The average molecular weight is 579 g/mol. The number of hydrogen-bond donors (Lipinski definition) is 3. The molecular weight excluding hydrogens is 559 g/mol. The number of carbonyl (C=O) groups excluding carboxylic acids is 2. The van der Waals surface area contributed by atoms with Crippen LogP contribution in [0.25, 0.3) is 11.0 Å². The largest absolute Gasteiger partial charge is 0.416 e. The Bertz CT molecular complexity index is 1810. The highest BCUT2D eigenvalue weighted by molar-refractivity contribution is 6.14. The molecular formula is C27H20F7N5O2. The van der Waals surface area contributed by atoms with Crippen LogP contribution in [0.1, 0.15) is 49.0 Å². The monoisotopic (exact) mass is 579 g/mol.